The summed E-state index contributed by atoms with van der Waals surface area (Å²) in [6.45, 7) is -0.0556. The van der Waals surface area contributed by atoms with E-state index < -0.39 is 23.8 Å². The average molecular weight is 206 g/mol. The monoisotopic (exact) mass is 206 g/mol. The Morgan fingerprint density at radius 1 is 1.14 bits per heavy atom. The van der Waals surface area contributed by atoms with Crippen LogP contribution in [0.5, 0.6) is 0 Å². The maximum Gasteiger partial charge on any atom is 0.321 e. The van der Waals surface area contributed by atoms with E-state index in [0.717, 1.165) is 0 Å². The SMILES string of the molecule is NC(=O)C[C@H](N)C(=O)O.NCC(N)=O. The lowest BCUT2D eigenvalue weighted by Gasteiger charge is -1.99. The predicted molar refractivity (Wildman–Crippen MR) is 47.7 cm³/mol. The first-order chi connectivity index (χ1) is 6.31. The number of hydrogen-bond donors (Lipinski definition) is 5. The maximum absolute atomic E-state index is 9.99. The lowest BCUT2D eigenvalue weighted by atomic mass is 10.2. The van der Waals surface area contributed by atoms with Crippen LogP contribution in [0.4, 0.5) is 0 Å². The highest BCUT2D eigenvalue weighted by Crippen LogP contribution is 1.84. The molecule has 0 aliphatic carbocycles. The van der Waals surface area contributed by atoms with Gasteiger partial charge >= 0.3 is 5.97 Å². The largest absolute Gasteiger partial charge is 0.480 e. The third-order valence-corrected chi connectivity index (χ3v) is 0.939. The Bertz CT molecular complexity index is 218. The topological polar surface area (TPSA) is 176 Å². The predicted octanol–water partition coefficient (Wildman–Crippen LogP) is -3.30. The normalized spacial score (nSPS) is 10.7. The summed E-state index contributed by atoms with van der Waals surface area (Å²) in [5, 5.41) is 8.10. The molecular weight excluding hydrogens is 192 g/mol. The van der Waals surface area contributed by atoms with Crippen LogP contribution in [0.1, 0.15) is 6.42 Å². The van der Waals surface area contributed by atoms with Crippen LogP contribution in [0.3, 0.4) is 0 Å². The van der Waals surface area contributed by atoms with Crippen molar-refractivity contribution in [1.29, 1.82) is 0 Å². The zero-order chi connectivity index (χ0) is 11.7. The first-order valence-electron chi connectivity index (χ1n) is 3.56. The number of carbonyl (C=O) groups excluding carboxylic acids is 2. The fourth-order valence-corrected chi connectivity index (χ4v) is 0.304. The van der Waals surface area contributed by atoms with Crippen LogP contribution in [-0.4, -0.2) is 35.5 Å². The van der Waals surface area contributed by atoms with Crippen molar-refractivity contribution in [1.82, 2.24) is 0 Å². The minimum Gasteiger partial charge on any atom is -0.480 e. The van der Waals surface area contributed by atoms with Gasteiger partial charge in [-0.3, -0.25) is 14.4 Å². The van der Waals surface area contributed by atoms with Crippen molar-refractivity contribution in [3.63, 3.8) is 0 Å². The van der Waals surface area contributed by atoms with Gasteiger partial charge in [0.2, 0.25) is 11.8 Å². The number of carboxylic acids is 1. The summed E-state index contributed by atoms with van der Waals surface area (Å²) in [7, 11) is 0. The molecule has 0 aromatic heterocycles. The zero-order valence-electron chi connectivity index (χ0n) is 7.47. The first kappa shape index (κ1) is 14.8. The molecule has 0 aromatic rings. The lowest BCUT2D eigenvalue weighted by molar-refractivity contribution is -0.140. The van der Waals surface area contributed by atoms with Crippen LogP contribution in [-0.2, 0) is 14.4 Å². The average Bonchev–Trinajstić information content (AvgIpc) is 2.04. The van der Waals surface area contributed by atoms with Crippen LogP contribution in [0, 0.1) is 0 Å². The Labute approximate surface area is 80.2 Å². The molecule has 0 aliphatic rings. The molecule has 0 bridgehead atoms. The fraction of sp³-hybridized carbons (Fsp3) is 0.500. The van der Waals surface area contributed by atoms with Crippen molar-refractivity contribution >= 4 is 17.8 Å². The second-order valence-electron chi connectivity index (χ2n) is 2.29. The molecule has 0 aromatic carbocycles. The molecule has 82 valence electrons. The molecule has 0 radical (unpaired) electrons. The molecule has 1 atom stereocenters. The van der Waals surface area contributed by atoms with E-state index in [0.29, 0.717) is 0 Å². The number of primary amides is 2. The highest BCUT2D eigenvalue weighted by Gasteiger charge is 2.13. The van der Waals surface area contributed by atoms with Gasteiger partial charge in [-0.15, -0.1) is 0 Å². The highest BCUT2D eigenvalue weighted by molar-refractivity contribution is 5.83. The van der Waals surface area contributed by atoms with E-state index in [4.69, 9.17) is 16.6 Å². The summed E-state index contributed by atoms with van der Waals surface area (Å²) in [6.07, 6.45) is -0.310. The minimum absolute atomic E-state index is 0.0556. The van der Waals surface area contributed by atoms with Gasteiger partial charge in [0, 0.05) is 0 Å². The van der Waals surface area contributed by atoms with Gasteiger partial charge in [0.15, 0.2) is 0 Å². The summed E-state index contributed by atoms with van der Waals surface area (Å²) in [5.41, 5.74) is 18.8. The van der Waals surface area contributed by atoms with Crippen LogP contribution < -0.4 is 22.9 Å². The first-order valence-corrected chi connectivity index (χ1v) is 3.56. The summed E-state index contributed by atoms with van der Waals surface area (Å²) in [4.78, 5) is 29.4. The van der Waals surface area contributed by atoms with E-state index in [9.17, 15) is 14.4 Å². The van der Waals surface area contributed by atoms with Crippen molar-refractivity contribution in [3.8, 4) is 0 Å². The molecule has 14 heavy (non-hydrogen) atoms. The third kappa shape index (κ3) is 13.0. The molecule has 0 spiro atoms. The van der Waals surface area contributed by atoms with Gasteiger partial charge in [-0.25, -0.2) is 0 Å². The van der Waals surface area contributed by atoms with Crippen LogP contribution in [0.25, 0.3) is 0 Å². The summed E-state index contributed by atoms with van der Waals surface area (Å²) in [6, 6.07) is -1.16. The quantitative estimate of drug-likeness (QED) is 0.322. The van der Waals surface area contributed by atoms with E-state index >= 15 is 0 Å². The Morgan fingerprint density at radius 3 is 1.57 bits per heavy atom. The Morgan fingerprint density at radius 2 is 1.50 bits per heavy atom. The van der Waals surface area contributed by atoms with Gasteiger partial charge in [-0.1, -0.05) is 0 Å². The molecule has 2 amide bonds. The number of aliphatic carboxylic acids is 1. The van der Waals surface area contributed by atoms with Gasteiger partial charge in [0.25, 0.3) is 0 Å². The summed E-state index contributed by atoms with van der Waals surface area (Å²) >= 11 is 0. The Balaban J connectivity index is 0. The smallest absolute Gasteiger partial charge is 0.321 e. The van der Waals surface area contributed by atoms with E-state index in [1.807, 2.05) is 0 Å². The van der Waals surface area contributed by atoms with Crippen LogP contribution in [0.15, 0.2) is 0 Å². The lowest BCUT2D eigenvalue weighted by Crippen LogP contribution is -2.34. The number of hydrogen-bond acceptors (Lipinski definition) is 5. The van der Waals surface area contributed by atoms with Gasteiger partial charge < -0.3 is 28.0 Å². The number of carboxylic acid groups (broad SMARTS) is 1. The second kappa shape index (κ2) is 7.95. The fourth-order valence-electron chi connectivity index (χ4n) is 0.304. The number of nitrogens with two attached hydrogens (primary N) is 4. The van der Waals surface area contributed by atoms with Crippen molar-refractivity contribution in [3.05, 3.63) is 0 Å². The van der Waals surface area contributed by atoms with E-state index in [1.165, 1.54) is 0 Å². The minimum atomic E-state index is -1.21. The van der Waals surface area contributed by atoms with Gasteiger partial charge in [-0.05, 0) is 0 Å². The second-order valence-corrected chi connectivity index (χ2v) is 2.29. The molecular formula is C6H14N4O4. The summed E-state index contributed by atoms with van der Waals surface area (Å²) in [5.74, 6) is -2.39. The Hall–Kier alpha value is -1.67. The van der Waals surface area contributed by atoms with Crippen LogP contribution in [0.2, 0.25) is 0 Å². The standard InChI is InChI=1S/C4H8N2O3.C2H6N2O/c5-2(4(8)9)1-3(6)7;3-1-2(4)5/h2H,1,5H2,(H2,6,7)(H,8,9);1,3H2,(H2,4,5)/t2-;/m0./s1. The Kier molecular flexibility index (Phi) is 8.43. The number of rotatable bonds is 4. The van der Waals surface area contributed by atoms with E-state index in [2.05, 4.69) is 11.5 Å². The molecule has 0 rings (SSSR count). The molecule has 8 nitrogen and oxygen atoms in total. The maximum atomic E-state index is 9.99. The van der Waals surface area contributed by atoms with Crippen molar-refractivity contribution in [2.45, 2.75) is 12.5 Å². The van der Waals surface area contributed by atoms with E-state index in [-0.39, 0.29) is 13.0 Å². The zero-order valence-corrected chi connectivity index (χ0v) is 7.47. The highest BCUT2D eigenvalue weighted by atomic mass is 16.4. The molecule has 8 heteroatoms. The molecule has 0 fully saturated rings. The van der Waals surface area contributed by atoms with Crippen molar-refractivity contribution < 1.29 is 19.5 Å². The number of amides is 2. The van der Waals surface area contributed by atoms with Gasteiger partial charge in [0.1, 0.15) is 6.04 Å². The van der Waals surface area contributed by atoms with Gasteiger partial charge in [0.05, 0.1) is 13.0 Å². The van der Waals surface area contributed by atoms with Crippen molar-refractivity contribution in [2.24, 2.45) is 22.9 Å². The molecule has 0 saturated carbocycles. The molecule has 9 N–H and O–H groups in total. The summed E-state index contributed by atoms with van der Waals surface area (Å²) < 4.78 is 0. The van der Waals surface area contributed by atoms with Crippen LogP contribution >= 0.6 is 0 Å². The molecule has 0 aliphatic heterocycles. The molecule has 0 unspecified atom stereocenters. The van der Waals surface area contributed by atoms with Gasteiger partial charge in [-0.2, -0.15) is 0 Å². The van der Waals surface area contributed by atoms with Crippen molar-refractivity contribution in [2.75, 3.05) is 6.54 Å². The number of carbonyl (C=O) groups is 3. The van der Waals surface area contributed by atoms with E-state index in [1.54, 1.807) is 0 Å². The third-order valence-electron chi connectivity index (χ3n) is 0.939. The molecule has 0 saturated heterocycles. The molecule has 0 heterocycles.